The summed E-state index contributed by atoms with van der Waals surface area (Å²) in [6.45, 7) is 2.47. The lowest BCUT2D eigenvalue weighted by Crippen LogP contribution is -2.25. The molecule has 0 saturated carbocycles. The fourth-order valence-corrected chi connectivity index (χ4v) is 3.26. The summed E-state index contributed by atoms with van der Waals surface area (Å²) in [6.07, 6.45) is -4.68. The van der Waals surface area contributed by atoms with Crippen molar-refractivity contribution in [1.82, 2.24) is 9.97 Å². The second kappa shape index (κ2) is 10.7. The monoisotopic (exact) mass is 465 g/mol. The summed E-state index contributed by atoms with van der Waals surface area (Å²) in [7, 11) is 4.67. The van der Waals surface area contributed by atoms with Gasteiger partial charge in [0, 0.05) is 32.2 Å². The van der Waals surface area contributed by atoms with Crippen LogP contribution in [0, 0.1) is 6.92 Å². The molecular weight excluding hydrogens is 439 g/mol. The Kier molecular flexibility index (Phi) is 7.93. The molecule has 1 aromatic heterocycles. The van der Waals surface area contributed by atoms with Gasteiger partial charge in [-0.05, 0) is 30.7 Å². The van der Waals surface area contributed by atoms with Gasteiger partial charge in [-0.25, -0.2) is 9.97 Å². The van der Waals surface area contributed by atoms with Gasteiger partial charge in [0.15, 0.2) is 11.5 Å². The van der Waals surface area contributed by atoms with Crippen LogP contribution in [0.2, 0.25) is 0 Å². The first-order chi connectivity index (χ1) is 15.7. The van der Waals surface area contributed by atoms with Crippen molar-refractivity contribution in [2.24, 2.45) is 0 Å². The molecule has 0 radical (unpaired) electrons. The predicted octanol–water partition coefficient (Wildman–Crippen LogP) is 4.62. The number of aromatic nitrogens is 2. The molecule has 0 amide bonds. The molecule has 0 bridgehead atoms. The van der Waals surface area contributed by atoms with E-state index in [2.05, 4.69) is 15.3 Å². The standard InChI is InChI=1S/C23H26F3N3O4/c1-14-28-19-10-20(32-4)21(33-13-17(31-3)12-30-2)9-18(19)22(29-14)27-11-15-6-5-7-16(8-15)23(24,25)26/h5-10,17H,11-13H2,1-4H3,(H,27,28,29). The Balaban J connectivity index is 1.90. The van der Waals surface area contributed by atoms with Gasteiger partial charge in [0.1, 0.15) is 24.4 Å². The maximum atomic E-state index is 13.0. The third-order valence-electron chi connectivity index (χ3n) is 4.92. The normalized spacial score (nSPS) is 12.6. The Morgan fingerprint density at radius 1 is 1.00 bits per heavy atom. The summed E-state index contributed by atoms with van der Waals surface area (Å²) in [4.78, 5) is 8.89. The Labute approximate surface area is 189 Å². The summed E-state index contributed by atoms with van der Waals surface area (Å²) in [5.74, 6) is 1.92. The van der Waals surface area contributed by atoms with Crippen molar-refractivity contribution in [3.8, 4) is 11.5 Å². The third kappa shape index (κ3) is 6.23. The molecule has 1 heterocycles. The third-order valence-corrected chi connectivity index (χ3v) is 4.92. The summed E-state index contributed by atoms with van der Waals surface area (Å²) < 4.78 is 60.9. The van der Waals surface area contributed by atoms with Crippen molar-refractivity contribution in [2.75, 3.05) is 39.9 Å². The van der Waals surface area contributed by atoms with E-state index in [1.165, 1.54) is 13.2 Å². The van der Waals surface area contributed by atoms with Crippen molar-refractivity contribution in [1.29, 1.82) is 0 Å². The summed E-state index contributed by atoms with van der Waals surface area (Å²) in [6, 6.07) is 8.62. The van der Waals surface area contributed by atoms with Crippen LogP contribution in [0.1, 0.15) is 17.0 Å². The van der Waals surface area contributed by atoms with E-state index in [0.717, 1.165) is 12.1 Å². The maximum absolute atomic E-state index is 13.0. The van der Waals surface area contributed by atoms with Crippen molar-refractivity contribution < 1.29 is 32.1 Å². The zero-order valence-electron chi connectivity index (χ0n) is 18.8. The number of hydrogen-bond donors (Lipinski definition) is 1. The number of nitrogens with one attached hydrogen (secondary N) is 1. The second-order valence-electron chi connectivity index (χ2n) is 7.32. The number of fused-ring (bicyclic) bond motifs is 1. The Morgan fingerprint density at radius 2 is 1.79 bits per heavy atom. The number of methoxy groups -OCH3 is 3. The Morgan fingerprint density at radius 3 is 2.45 bits per heavy atom. The van der Waals surface area contributed by atoms with Crippen molar-refractivity contribution >= 4 is 16.7 Å². The van der Waals surface area contributed by atoms with E-state index >= 15 is 0 Å². The van der Waals surface area contributed by atoms with Crippen LogP contribution < -0.4 is 14.8 Å². The number of benzene rings is 2. The first kappa shape index (κ1) is 24.5. The lowest BCUT2D eigenvalue weighted by molar-refractivity contribution is -0.137. The molecule has 0 saturated heterocycles. The van der Waals surface area contributed by atoms with Gasteiger partial charge < -0.3 is 24.3 Å². The van der Waals surface area contributed by atoms with E-state index in [1.54, 1.807) is 39.3 Å². The minimum atomic E-state index is -4.40. The van der Waals surface area contributed by atoms with Gasteiger partial charge >= 0.3 is 6.18 Å². The number of rotatable bonds is 10. The van der Waals surface area contributed by atoms with Crippen LogP contribution in [-0.2, 0) is 22.2 Å². The van der Waals surface area contributed by atoms with E-state index in [-0.39, 0.29) is 19.3 Å². The highest BCUT2D eigenvalue weighted by Crippen LogP contribution is 2.35. The highest BCUT2D eigenvalue weighted by molar-refractivity contribution is 5.91. The van der Waals surface area contributed by atoms with Crippen LogP contribution in [0.3, 0.4) is 0 Å². The van der Waals surface area contributed by atoms with Crippen LogP contribution >= 0.6 is 0 Å². The molecule has 33 heavy (non-hydrogen) atoms. The highest BCUT2D eigenvalue weighted by Gasteiger charge is 2.30. The number of anilines is 1. The van der Waals surface area contributed by atoms with Crippen molar-refractivity contribution in [3.05, 3.63) is 53.3 Å². The Hall–Kier alpha value is -3.11. The van der Waals surface area contributed by atoms with E-state index in [1.807, 2.05) is 0 Å². The summed E-state index contributed by atoms with van der Waals surface area (Å²) >= 11 is 0. The predicted molar refractivity (Wildman–Crippen MR) is 118 cm³/mol. The zero-order chi connectivity index (χ0) is 24.0. The number of nitrogens with zero attached hydrogens (tertiary/aromatic N) is 2. The van der Waals surface area contributed by atoms with Gasteiger partial charge in [0.05, 0.1) is 24.8 Å². The molecule has 0 aliphatic rings. The molecule has 0 aliphatic heterocycles. The number of alkyl halides is 3. The van der Waals surface area contributed by atoms with E-state index < -0.39 is 11.7 Å². The van der Waals surface area contributed by atoms with E-state index in [4.69, 9.17) is 18.9 Å². The maximum Gasteiger partial charge on any atom is 0.416 e. The molecular formula is C23H26F3N3O4. The average molecular weight is 465 g/mol. The number of halogens is 3. The summed E-state index contributed by atoms with van der Waals surface area (Å²) in [5, 5.41) is 3.77. The van der Waals surface area contributed by atoms with Crippen molar-refractivity contribution in [2.45, 2.75) is 25.7 Å². The largest absolute Gasteiger partial charge is 0.493 e. The van der Waals surface area contributed by atoms with Crippen molar-refractivity contribution in [3.63, 3.8) is 0 Å². The molecule has 1 unspecified atom stereocenters. The van der Waals surface area contributed by atoms with E-state index in [9.17, 15) is 13.2 Å². The molecule has 1 atom stereocenters. The Bertz CT molecular complexity index is 1090. The first-order valence-corrected chi connectivity index (χ1v) is 10.2. The van der Waals surface area contributed by atoms with Crippen LogP contribution in [0.4, 0.5) is 19.0 Å². The highest BCUT2D eigenvalue weighted by atomic mass is 19.4. The summed E-state index contributed by atoms with van der Waals surface area (Å²) in [5.41, 5.74) is 0.384. The minimum Gasteiger partial charge on any atom is -0.493 e. The van der Waals surface area contributed by atoms with Crippen LogP contribution in [0.15, 0.2) is 36.4 Å². The molecule has 0 spiro atoms. The zero-order valence-corrected chi connectivity index (χ0v) is 18.8. The second-order valence-corrected chi connectivity index (χ2v) is 7.32. The number of hydrogen-bond acceptors (Lipinski definition) is 7. The molecule has 0 aliphatic carbocycles. The smallest absolute Gasteiger partial charge is 0.416 e. The lowest BCUT2D eigenvalue weighted by atomic mass is 10.1. The minimum absolute atomic E-state index is 0.150. The number of aryl methyl sites for hydroxylation is 1. The fraction of sp³-hybridized carbons (Fsp3) is 0.391. The van der Waals surface area contributed by atoms with Gasteiger partial charge in [-0.15, -0.1) is 0 Å². The van der Waals surface area contributed by atoms with Gasteiger partial charge in [-0.3, -0.25) is 0 Å². The van der Waals surface area contributed by atoms with Crippen LogP contribution in [-0.4, -0.2) is 50.6 Å². The van der Waals surface area contributed by atoms with Gasteiger partial charge in [0.2, 0.25) is 0 Å². The van der Waals surface area contributed by atoms with Gasteiger partial charge in [-0.2, -0.15) is 13.2 Å². The molecule has 3 aromatic rings. The quantitative estimate of drug-likeness (QED) is 0.468. The van der Waals surface area contributed by atoms with Crippen LogP contribution in [0.5, 0.6) is 11.5 Å². The van der Waals surface area contributed by atoms with E-state index in [0.29, 0.717) is 46.2 Å². The SMILES string of the molecule is COCC(COc1cc2c(NCc3cccc(C(F)(F)F)c3)nc(C)nc2cc1OC)OC. The molecule has 2 aromatic carbocycles. The first-order valence-electron chi connectivity index (χ1n) is 10.2. The van der Waals surface area contributed by atoms with Gasteiger partial charge in [-0.1, -0.05) is 12.1 Å². The lowest BCUT2D eigenvalue weighted by Gasteiger charge is -2.18. The molecule has 178 valence electrons. The molecule has 7 nitrogen and oxygen atoms in total. The fourth-order valence-electron chi connectivity index (χ4n) is 3.26. The average Bonchev–Trinajstić information content (AvgIpc) is 2.79. The number of ether oxygens (including phenoxy) is 4. The molecule has 0 fully saturated rings. The molecule has 3 rings (SSSR count). The molecule has 1 N–H and O–H groups in total. The molecule has 10 heteroatoms. The topological polar surface area (TPSA) is 74.7 Å². The van der Waals surface area contributed by atoms with Crippen LogP contribution in [0.25, 0.3) is 10.9 Å². The van der Waals surface area contributed by atoms with Gasteiger partial charge in [0.25, 0.3) is 0 Å².